The maximum absolute atomic E-state index is 13.7. The zero-order valence-electron chi connectivity index (χ0n) is 11.2. The van der Waals surface area contributed by atoms with Gasteiger partial charge in [0.05, 0.1) is 0 Å². The van der Waals surface area contributed by atoms with Crippen molar-refractivity contribution in [2.45, 2.75) is 26.4 Å². The maximum atomic E-state index is 13.7. The van der Waals surface area contributed by atoms with Crippen LogP contribution in [0.15, 0.2) is 36.7 Å². The van der Waals surface area contributed by atoms with Gasteiger partial charge in [0, 0.05) is 35.6 Å². The van der Waals surface area contributed by atoms with E-state index in [-0.39, 0.29) is 5.82 Å². The third kappa shape index (κ3) is 3.58. The first kappa shape index (κ1) is 14.1. The van der Waals surface area contributed by atoms with Crippen molar-refractivity contribution >= 4 is 11.6 Å². The van der Waals surface area contributed by atoms with Crippen molar-refractivity contribution in [1.82, 2.24) is 9.88 Å². The predicted octanol–water partition coefficient (Wildman–Crippen LogP) is 4.00. The highest BCUT2D eigenvalue weighted by Gasteiger charge is 2.07. The molecular weight excluding hydrogens is 263 g/mol. The molecule has 0 fully saturated rings. The minimum Gasteiger partial charge on any atom is -0.349 e. The topological polar surface area (TPSA) is 17.0 Å². The molecular formula is C15H18ClFN2. The van der Waals surface area contributed by atoms with Crippen molar-refractivity contribution in [2.75, 3.05) is 6.54 Å². The molecule has 0 saturated heterocycles. The summed E-state index contributed by atoms with van der Waals surface area (Å²) in [5.74, 6) is -0.223. The maximum Gasteiger partial charge on any atom is 0.128 e. The van der Waals surface area contributed by atoms with Gasteiger partial charge in [-0.2, -0.15) is 0 Å². The van der Waals surface area contributed by atoms with Crippen molar-refractivity contribution in [1.29, 1.82) is 0 Å². The minimum absolute atomic E-state index is 0.223. The lowest BCUT2D eigenvalue weighted by Gasteiger charge is -2.10. The molecule has 2 aromatic rings. The van der Waals surface area contributed by atoms with E-state index < -0.39 is 0 Å². The van der Waals surface area contributed by atoms with Gasteiger partial charge >= 0.3 is 0 Å². The van der Waals surface area contributed by atoms with Crippen LogP contribution in [0.1, 0.15) is 31.0 Å². The molecule has 1 heterocycles. The van der Waals surface area contributed by atoms with Gasteiger partial charge in [0.1, 0.15) is 5.82 Å². The lowest BCUT2D eigenvalue weighted by molar-refractivity contribution is 0.591. The molecule has 2 rings (SSSR count). The van der Waals surface area contributed by atoms with Crippen LogP contribution >= 0.6 is 11.6 Å². The molecule has 0 spiro atoms. The van der Waals surface area contributed by atoms with Gasteiger partial charge in [-0.25, -0.2) is 4.39 Å². The van der Waals surface area contributed by atoms with Crippen LogP contribution in [0.5, 0.6) is 0 Å². The molecule has 0 bridgehead atoms. The lowest BCUT2D eigenvalue weighted by atomic mass is 10.2. The van der Waals surface area contributed by atoms with Gasteiger partial charge in [0.2, 0.25) is 0 Å². The second-order valence-corrected chi connectivity index (χ2v) is 5.07. The molecule has 102 valence electrons. The zero-order chi connectivity index (χ0) is 13.8. The van der Waals surface area contributed by atoms with E-state index in [2.05, 4.69) is 25.2 Å². The minimum atomic E-state index is -0.223. The number of hydrogen-bond acceptors (Lipinski definition) is 1. The van der Waals surface area contributed by atoms with E-state index >= 15 is 0 Å². The van der Waals surface area contributed by atoms with Crippen LogP contribution in [0.3, 0.4) is 0 Å². The molecule has 0 aliphatic heterocycles. The molecule has 19 heavy (non-hydrogen) atoms. The van der Waals surface area contributed by atoms with Crippen LogP contribution in [0.25, 0.3) is 0 Å². The van der Waals surface area contributed by atoms with Crippen molar-refractivity contribution in [3.8, 4) is 0 Å². The Hall–Kier alpha value is -1.32. The van der Waals surface area contributed by atoms with Crippen LogP contribution in [-0.2, 0) is 6.54 Å². The number of nitrogens with zero attached hydrogens (tertiary/aromatic N) is 1. The Morgan fingerprint density at radius 1 is 1.37 bits per heavy atom. The Morgan fingerprint density at radius 3 is 2.89 bits per heavy atom. The molecule has 4 heteroatoms. The van der Waals surface area contributed by atoms with Crippen LogP contribution in [0.4, 0.5) is 4.39 Å². The van der Waals surface area contributed by atoms with Crippen LogP contribution in [0.2, 0.25) is 5.02 Å². The highest BCUT2D eigenvalue weighted by atomic mass is 35.5. The summed E-state index contributed by atoms with van der Waals surface area (Å²) in [6, 6.07) is 6.99. The Bertz CT molecular complexity index is 551. The molecule has 1 atom stereocenters. The Morgan fingerprint density at radius 2 is 2.16 bits per heavy atom. The van der Waals surface area contributed by atoms with Gasteiger partial charge in [0.25, 0.3) is 0 Å². The molecule has 0 aliphatic rings. The van der Waals surface area contributed by atoms with E-state index in [1.54, 1.807) is 12.1 Å². The predicted molar refractivity (Wildman–Crippen MR) is 77.0 cm³/mol. The van der Waals surface area contributed by atoms with Crippen molar-refractivity contribution in [3.05, 3.63) is 58.6 Å². The van der Waals surface area contributed by atoms with Gasteiger partial charge in [-0.05, 0) is 43.3 Å². The fourth-order valence-electron chi connectivity index (χ4n) is 2.10. The number of nitrogens with one attached hydrogen (secondary N) is 1. The fourth-order valence-corrected chi connectivity index (χ4v) is 2.29. The second kappa shape index (κ2) is 6.22. The summed E-state index contributed by atoms with van der Waals surface area (Å²) in [6.07, 6.45) is 4.00. The van der Waals surface area contributed by atoms with E-state index in [1.165, 1.54) is 11.6 Å². The van der Waals surface area contributed by atoms with Gasteiger partial charge < -0.3 is 9.88 Å². The molecule has 1 unspecified atom stereocenters. The number of benzene rings is 1. The zero-order valence-corrected chi connectivity index (χ0v) is 11.9. The molecule has 1 N–H and O–H groups in total. The monoisotopic (exact) mass is 280 g/mol. The lowest BCUT2D eigenvalue weighted by Crippen LogP contribution is -2.17. The van der Waals surface area contributed by atoms with E-state index in [0.29, 0.717) is 23.2 Å². The summed E-state index contributed by atoms with van der Waals surface area (Å²) < 4.78 is 15.6. The molecule has 1 aromatic carbocycles. The summed E-state index contributed by atoms with van der Waals surface area (Å²) in [5, 5.41) is 3.91. The number of hydrogen-bond donors (Lipinski definition) is 1. The average molecular weight is 281 g/mol. The first-order valence-corrected chi connectivity index (χ1v) is 6.81. The largest absolute Gasteiger partial charge is 0.349 e. The summed E-state index contributed by atoms with van der Waals surface area (Å²) in [4.78, 5) is 0. The summed E-state index contributed by atoms with van der Waals surface area (Å²) in [6.45, 7) is 5.61. The summed E-state index contributed by atoms with van der Waals surface area (Å²) in [5.41, 5.74) is 1.80. The summed E-state index contributed by atoms with van der Waals surface area (Å²) in [7, 11) is 0. The second-order valence-electron chi connectivity index (χ2n) is 4.63. The van der Waals surface area contributed by atoms with Gasteiger partial charge in [-0.15, -0.1) is 0 Å². The van der Waals surface area contributed by atoms with Gasteiger partial charge in [-0.1, -0.05) is 18.5 Å². The third-order valence-corrected chi connectivity index (χ3v) is 3.38. The van der Waals surface area contributed by atoms with Crippen LogP contribution < -0.4 is 5.32 Å². The van der Waals surface area contributed by atoms with Crippen molar-refractivity contribution in [2.24, 2.45) is 0 Å². The fraction of sp³-hybridized carbons (Fsp3) is 0.333. The normalized spacial score (nSPS) is 12.6. The van der Waals surface area contributed by atoms with Crippen molar-refractivity contribution in [3.63, 3.8) is 0 Å². The molecule has 0 saturated carbocycles. The van der Waals surface area contributed by atoms with Crippen LogP contribution in [0, 0.1) is 5.82 Å². The Balaban J connectivity index is 2.13. The first-order chi connectivity index (χ1) is 9.10. The highest BCUT2D eigenvalue weighted by molar-refractivity contribution is 6.30. The molecule has 0 amide bonds. The number of halogens is 2. The van der Waals surface area contributed by atoms with E-state index in [9.17, 15) is 4.39 Å². The smallest absolute Gasteiger partial charge is 0.128 e. The van der Waals surface area contributed by atoms with E-state index in [0.717, 1.165) is 6.54 Å². The van der Waals surface area contributed by atoms with E-state index in [4.69, 9.17) is 11.6 Å². The Kier molecular flexibility index (Phi) is 4.61. The number of aromatic nitrogens is 1. The third-order valence-electron chi connectivity index (χ3n) is 3.14. The molecule has 1 aromatic heterocycles. The quantitative estimate of drug-likeness (QED) is 0.876. The van der Waals surface area contributed by atoms with E-state index in [1.807, 2.05) is 17.0 Å². The van der Waals surface area contributed by atoms with Crippen LogP contribution in [-0.4, -0.2) is 11.1 Å². The SMILES string of the molecule is CCNC(C)c1ccn(Cc2cc(Cl)ccc2F)c1. The highest BCUT2D eigenvalue weighted by Crippen LogP contribution is 2.18. The molecule has 2 nitrogen and oxygen atoms in total. The molecule has 0 radical (unpaired) electrons. The van der Waals surface area contributed by atoms with Gasteiger partial charge in [-0.3, -0.25) is 0 Å². The standard InChI is InChI=1S/C15H18ClFN2/c1-3-18-11(2)12-6-7-19(9-12)10-13-8-14(16)4-5-15(13)17/h4-9,11,18H,3,10H2,1-2H3. The summed E-state index contributed by atoms with van der Waals surface area (Å²) >= 11 is 5.89. The first-order valence-electron chi connectivity index (χ1n) is 6.43. The average Bonchev–Trinajstić information content (AvgIpc) is 2.83. The molecule has 0 aliphatic carbocycles. The van der Waals surface area contributed by atoms with Crippen molar-refractivity contribution < 1.29 is 4.39 Å². The van der Waals surface area contributed by atoms with Gasteiger partial charge in [0.15, 0.2) is 0 Å². The number of rotatable bonds is 5. The Labute approximate surface area is 118 Å².